The summed E-state index contributed by atoms with van der Waals surface area (Å²) in [6.45, 7) is -0.382. The van der Waals surface area contributed by atoms with E-state index in [1.54, 1.807) is 24.3 Å². The van der Waals surface area contributed by atoms with Gasteiger partial charge in [0.2, 0.25) is 5.91 Å². The van der Waals surface area contributed by atoms with Crippen LogP contribution in [0.1, 0.15) is 32.1 Å². The molecule has 2 saturated carbocycles. The molecule has 1 aromatic carbocycles. The van der Waals surface area contributed by atoms with Crippen molar-refractivity contribution in [1.29, 1.82) is 0 Å². The van der Waals surface area contributed by atoms with Crippen molar-refractivity contribution >= 4 is 41.0 Å². The van der Waals surface area contributed by atoms with E-state index in [-0.39, 0.29) is 35.9 Å². The number of Topliss-reactive ketones (excluding diaryl/α,β-unsaturated/α-hetero) is 1. The summed E-state index contributed by atoms with van der Waals surface area (Å²) in [6.07, 6.45) is 3.79. The van der Waals surface area contributed by atoms with Crippen molar-refractivity contribution in [2.45, 2.75) is 37.0 Å². The van der Waals surface area contributed by atoms with Crippen LogP contribution < -0.4 is 11.1 Å². The first kappa shape index (κ1) is 20.4. The minimum absolute atomic E-state index is 0.0342. The molecule has 28 heavy (non-hydrogen) atoms. The molecule has 0 radical (unpaired) electrons. The Balaban J connectivity index is 1.50. The first-order chi connectivity index (χ1) is 13.4. The number of fused-ring (bicyclic) bond motifs is 2. The van der Waals surface area contributed by atoms with E-state index in [2.05, 4.69) is 5.32 Å². The van der Waals surface area contributed by atoms with Gasteiger partial charge in [0.25, 0.3) is 5.91 Å². The smallest absolute Gasteiger partial charge is 0.309 e. The van der Waals surface area contributed by atoms with Crippen molar-refractivity contribution in [3.63, 3.8) is 0 Å². The maximum absolute atomic E-state index is 12.4. The molecule has 2 bridgehead atoms. The Kier molecular flexibility index (Phi) is 6.72. The molecule has 0 aliphatic heterocycles. The lowest BCUT2D eigenvalue weighted by Crippen LogP contribution is -2.40. The third kappa shape index (κ3) is 5.13. The summed E-state index contributed by atoms with van der Waals surface area (Å²) in [5, 5.41) is 2.70. The van der Waals surface area contributed by atoms with Crippen LogP contribution in [-0.2, 0) is 23.9 Å². The Morgan fingerprint density at radius 2 is 1.82 bits per heavy atom. The van der Waals surface area contributed by atoms with E-state index >= 15 is 0 Å². The zero-order valence-electron chi connectivity index (χ0n) is 15.5. The SMILES string of the molecule is NC(=O)CSc1ccccc1NC(=O)COC(=O)C1C[C@H]2CCC[C@@H](C1)C2=O. The molecular formula is C20H24N2O5S. The fraction of sp³-hybridized carbons (Fsp3) is 0.500. The number of anilines is 1. The summed E-state index contributed by atoms with van der Waals surface area (Å²) in [6, 6.07) is 7.03. The number of ketones is 1. The van der Waals surface area contributed by atoms with E-state index < -0.39 is 17.8 Å². The van der Waals surface area contributed by atoms with E-state index in [1.807, 2.05) is 0 Å². The molecule has 2 amide bonds. The highest BCUT2D eigenvalue weighted by molar-refractivity contribution is 8.00. The van der Waals surface area contributed by atoms with E-state index in [4.69, 9.17) is 10.5 Å². The van der Waals surface area contributed by atoms with Gasteiger partial charge in [-0.3, -0.25) is 19.2 Å². The number of primary amides is 1. The number of thioether (sulfide) groups is 1. The zero-order chi connectivity index (χ0) is 20.1. The highest BCUT2D eigenvalue weighted by atomic mass is 32.2. The van der Waals surface area contributed by atoms with E-state index in [9.17, 15) is 19.2 Å². The molecule has 0 heterocycles. The Morgan fingerprint density at radius 1 is 1.14 bits per heavy atom. The predicted octanol–water partition coefficient (Wildman–Crippen LogP) is 2.14. The molecular weight excluding hydrogens is 380 g/mol. The molecule has 1 unspecified atom stereocenters. The summed E-state index contributed by atoms with van der Waals surface area (Å²) < 4.78 is 5.21. The molecule has 3 atom stereocenters. The molecule has 3 N–H and O–H groups in total. The highest BCUT2D eigenvalue weighted by Gasteiger charge is 2.41. The summed E-state index contributed by atoms with van der Waals surface area (Å²) in [5.74, 6) is -1.29. The molecule has 7 nitrogen and oxygen atoms in total. The number of benzene rings is 1. The average Bonchev–Trinajstić information content (AvgIpc) is 2.65. The molecule has 150 valence electrons. The largest absolute Gasteiger partial charge is 0.455 e. The topological polar surface area (TPSA) is 116 Å². The second kappa shape index (κ2) is 9.23. The number of amides is 2. The van der Waals surface area contributed by atoms with Crippen LogP contribution in [0.3, 0.4) is 0 Å². The number of carbonyl (C=O) groups excluding carboxylic acids is 4. The minimum Gasteiger partial charge on any atom is -0.455 e. The third-order valence-electron chi connectivity index (χ3n) is 5.26. The fourth-order valence-corrected chi connectivity index (χ4v) is 4.70. The van der Waals surface area contributed by atoms with Gasteiger partial charge in [0.05, 0.1) is 17.4 Å². The Hall–Kier alpha value is -2.35. The molecule has 8 heteroatoms. The van der Waals surface area contributed by atoms with Gasteiger partial charge in [-0.15, -0.1) is 11.8 Å². The van der Waals surface area contributed by atoms with Gasteiger partial charge in [-0.1, -0.05) is 18.6 Å². The van der Waals surface area contributed by atoms with Crippen molar-refractivity contribution in [2.75, 3.05) is 17.7 Å². The second-order valence-corrected chi connectivity index (χ2v) is 8.32. The quantitative estimate of drug-likeness (QED) is 0.531. The highest BCUT2D eigenvalue weighted by Crippen LogP contribution is 2.40. The lowest BCUT2D eigenvalue weighted by Gasteiger charge is -2.36. The standard InChI is InChI=1S/C20H24N2O5S/c21-17(23)11-28-16-7-2-1-6-15(16)22-18(24)10-27-20(26)14-8-12-4-3-5-13(9-14)19(12)25/h1-2,6-7,12-14H,3-5,8-11H2,(H2,21,23)(H,22,24)/t12-,13+,14?. The normalized spacial score (nSPS) is 23.7. The van der Waals surface area contributed by atoms with E-state index in [0.29, 0.717) is 23.4 Å². The number of nitrogens with one attached hydrogen (secondary N) is 1. The number of hydrogen-bond acceptors (Lipinski definition) is 6. The maximum Gasteiger partial charge on any atom is 0.309 e. The van der Waals surface area contributed by atoms with Gasteiger partial charge in [-0.2, -0.15) is 0 Å². The number of nitrogens with two attached hydrogens (primary N) is 1. The van der Waals surface area contributed by atoms with Crippen molar-refractivity contribution in [3.8, 4) is 0 Å². The first-order valence-corrected chi connectivity index (χ1v) is 10.4. The van der Waals surface area contributed by atoms with E-state index in [1.165, 1.54) is 11.8 Å². The van der Waals surface area contributed by atoms with Gasteiger partial charge in [0.15, 0.2) is 6.61 Å². The van der Waals surface area contributed by atoms with Crippen LogP contribution in [0.2, 0.25) is 0 Å². The Morgan fingerprint density at radius 3 is 2.50 bits per heavy atom. The predicted molar refractivity (Wildman–Crippen MR) is 105 cm³/mol. The average molecular weight is 404 g/mol. The van der Waals surface area contributed by atoms with Crippen molar-refractivity contribution < 1.29 is 23.9 Å². The van der Waals surface area contributed by atoms with Gasteiger partial charge in [0.1, 0.15) is 5.78 Å². The van der Waals surface area contributed by atoms with Crippen molar-refractivity contribution in [1.82, 2.24) is 0 Å². The van der Waals surface area contributed by atoms with Crippen LogP contribution in [-0.4, -0.2) is 35.9 Å². The molecule has 3 rings (SSSR count). The van der Waals surface area contributed by atoms with Gasteiger partial charge >= 0.3 is 5.97 Å². The van der Waals surface area contributed by atoms with Gasteiger partial charge < -0.3 is 15.8 Å². The van der Waals surface area contributed by atoms with Gasteiger partial charge in [0, 0.05) is 16.7 Å². The molecule has 1 aromatic rings. The monoisotopic (exact) mass is 404 g/mol. The second-order valence-electron chi connectivity index (χ2n) is 7.30. The summed E-state index contributed by atoms with van der Waals surface area (Å²) in [4.78, 5) is 48.4. The van der Waals surface area contributed by atoms with Gasteiger partial charge in [-0.25, -0.2) is 0 Å². The number of esters is 1. The van der Waals surface area contributed by atoms with Crippen molar-refractivity contribution in [3.05, 3.63) is 24.3 Å². The first-order valence-electron chi connectivity index (χ1n) is 9.44. The number of carbonyl (C=O) groups is 4. The van der Waals surface area contributed by atoms with Crippen LogP contribution in [0.5, 0.6) is 0 Å². The van der Waals surface area contributed by atoms with Gasteiger partial charge in [-0.05, 0) is 37.8 Å². The molecule has 2 aliphatic rings. The molecule has 2 fully saturated rings. The molecule has 0 spiro atoms. The lowest BCUT2D eigenvalue weighted by molar-refractivity contribution is -0.155. The molecule has 0 aromatic heterocycles. The minimum atomic E-state index is -0.451. The fourth-order valence-electron chi connectivity index (χ4n) is 3.96. The molecule has 2 aliphatic carbocycles. The number of para-hydroxylation sites is 1. The van der Waals surface area contributed by atoms with Crippen LogP contribution in [0, 0.1) is 17.8 Å². The van der Waals surface area contributed by atoms with Crippen LogP contribution in [0.15, 0.2) is 29.2 Å². The third-order valence-corrected chi connectivity index (χ3v) is 6.35. The van der Waals surface area contributed by atoms with Crippen LogP contribution >= 0.6 is 11.8 Å². The van der Waals surface area contributed by atoms with Crippen LogP contribution in [0.25, 0.3) is 0 Å². The van der Waals surface area contributed by atoms with Crippen LogP contribution in [0.4, 0.5) is 5.69 Å². The Bertz CT molecular complexity index is 766. The summed E-state index contributed by atoms with van der Waals surface area (Å²) in [7, 11) is 0. The summed E-state index contributed by atoms with van der Waals surface area (Å²) >= 11 is 1.22. The maximum atomic E-state index is 12.4. The number of rotatable bonds is 7. The molecule has 0 saturated heterocycles. The Labute approximate surface area is 167 Å². The number of hydrogen-bond donors (Lipinski definition) is 2. The lowest BCUT2D eigenvalue weighted by atomic mass is 9.67. The zero-order valence-corrected chi connectivity index (χ0v) is 16.3. The number of ether oxygens (including phenoxy) is 1. The van der Waals surface area contributed by atoms with E-state index in [0.717, 1.165) is 19.3 Å². The summed E-state index contributed by atoms with van der Waals surface area (Å²) in [5.41, 5.74) is 5.69. The van der Waals surface area contributed by atoms with Crippen molar-refractivity contribution in [2.24, 2.45) is 23.5 Å².